The van der Waals surface area contributed by atoms with Gasteiger partial charge in [-0.2, -0.15) is 0 Å². The number of halogens is 1. The lowest BCUT2D eigenvalue weighted by molar-refractivity contribution is 0.0771. The van der Waals surface area contributed by atoms with Crippen LogP contribution in [0.2, 0.25) is 0 Å². The van der Waals surface area contributed by atoms with Gasteiger partial charge in [-0.1, -0.05) is 13.8 Å². The van der Waals surface area contributed by atoms with Crippen LogP contribution in [0.15, 0.2) is 15.9 Å². The first-order valence-electron chi connectivity index (χ1n) is 7.37. The molecular formula is C15H25BrN2S. The Bertz CT molecular complexity index is 395. The number of thiophene rings is 1. The highest BCUT2D eigenvalue weighted by Crippen LogP contribution is 2.33. The zero-order valence-corrected chi connectivity index (χ0v) is 14.4. The number of hydrogen-bond acceptors (Lipinski definition) is 3. The van der Waals surface area contributed by atoms with Crippen molar-refractivity contribution in [1.29, 1.82) is 0 Å². The molecule has 1 unspecified atom stereocenters. The quantitative estimate of drug-likeness (QED) is 0.843. The molecule has 1 atom stereocenters. The van der Waals surface area contributed by atoms with Crippen molar-refractivity contribution in [3.05, 3.63) is 20.8 Å². The number of nitrogens with zero attached hydrogens (tertiary/aromatic N) is 1. The molecule has 2 N–H and O–H groups in total. The number of hydrogen-bond donors (Lipinski definition) is 1. The van der Waals surface area contributed by atoms with Crippen molar-refractivity contribution in [2.45, 2.75) is 57.5 Å². The van der Waals surface area contributed by atoms with Crippen molar-refractivity contribution in [1.82, 2.24) is 4.90 Å². The molecule has 0 bridgehead atoms. The molecule has 0 aliphatic carbocycles. The smallest absolute Gasteiger partial charge is 0.0701 e. The molecule has 0 radical (unpaired) electrons. The summed E-state index contributed by atoms with van der Waals surface area (Å²) in [5.74, 6) is 0. The standard InChI is InChI=1S/C15H25BrN2S/c1-3-15(4-2,18-9-5-6-10-18)13(17)11-12-7-8-14(16)19-12/h7-8,13H,3-6,9-11,17H2,1-2H3. The van der Waals surface area contributed by atoms with Gasteiger partial charge in [0, 0.05) is 16.5 Å². The van der Waals surface area contributed by atoms with E-state index in [0.29, 0.717) is 0 Å². The van der Waals surface area contributed by atoms with Gasteiger partial charge in [0.15, 0.2) is 0 Å². The van der Waals surface area contributed by atoms with E-state index in [2.05, 4.69) is 46.8 Å². The fourth-order valence-electron chi connectivity index (χ4n) is 3.49. The molecule has 0 amide bonds. The van der Waals surface area contributed by atoms with Crippen LogP contribution in [0.5, 0.6) is 0 Å². The number of nitrogens with two attached hydrogens (primary N) is 1. The van der Waals surface area contributed by atoms with Crippen LogP contribution in [0.25, 0.3) is 0 Å². The third-order valence-corrected chi connectivity index (χ3v) is 6.35. The van der Waals surface area contributed by atoms with E-state index in [0.717, 1.165) is 19.3 Å². The van der Waals surface area contributed by atoms with Crippen LogP contribution >= 0.6 is 27.3 Å². The Balaban J connectivity index is 2.13. The Hall–Kier alpha value is 0.1000. The molecule has 1 saturated heterocycles. The molecule has 2 rings (SSSR count). The van der Waals surface area contributed by atoms with Crippen molar-refractivity contribution >= 4 is 27.3 Å². The van der Waals surface area contributed by atoms with Crippen LogP contribution in [0, 0.1) is 0 Å². The second-order valence-corrected chi connectivity index (χ2v) is 8.07. The minimum Gasteiger partial charge on any atom is -0.326 e. The zero-order valence-electron chi connectivity index (χ0n) is 12.0. The van der Waals surface area contributed by atoms with Crippen molar-refractivity contribution < 1.29 is 0 Å². The first-order valence-corrected chi connectivity index (χ1v) is 8.98. The van der Waals surface area contributed by atoms with E-state index in [1.165, 1.54) is 34.6 Å². The Morgan fingerprint density at radius 2 is 1.95 bits per heavy atom. The number of likely N-dealkylation sites (tertiary alicyclic amines) is 1. The molecular weight excluding hydrogens is 320 g/mol. The minimum atomic E-state index is 0.187. The van der Waals surface area contributed by atoms with E-state index in [1.807, 2.05) is 11.3 Å². The molecule has 2 heterocycles. The van der Waals surface area contributed by atoms with E-state index >= 15 is 0 Å². The number of rotatable bonds is 6. The summed E-state index contributed by atoms with van der Waals surface area (Å²) in [6, 6.07) is 4.56. The molecule has 2 nitrogen and oxygen atoms in total. The summed E-state index contributed by atoms with van der Waals surface area (Å²) in [6.07, 6.45) is 5.96. The third kappa shape index (κ3) is 3.23. The second kappa shape index (κ2) is 6.70. The maximum absolute atomic E-state index is 6.64. The van der Waals surface area contributed by atoms with Crippen LogP contribution in [0.1, 0.15) is 44.4 Å². The van der Waals surface area contributed by atoms with E-state index in [1.54, 1.807) is 0 Å². The predicted molar refractivity (Wildman–Crippen MR) is 87.8 cm³/mol. The highest BCUT2D eigenvalue weighted by molar-refractivity contribution is 9.11. The molecule has 1 aromatic heterocycles. The summed E-state index contributed by atoms with van der Waals surface area (Å²) in [5, 5.41) is 0. The highest BCUT2D eigenvalue weighted by Gasteiger charge is 2.40. The van der Waals surface area contributed by atoms with Crippen LogP contribution in [0.4, 0.5) is 0 Å². The van der Waals surface area contributed by atoms with E-state index < -0.39 is 0 Å². The molecule has 1 fully saturated rings. The van der Waals surface area contributed by atoms with Gasteiger partial charge in [-0.3, -0.25) is 4.90 Å². The minimum absolute atomic E-state index is 0.187. The monoisotopic (exact) mass is 344 g/mol. The summed E-state index contributed by atoms with van der Waals surface area (Å²) in [6.45, 7) is 7.05. The lowest BCUT2D eigenvalue weighted by atomic mass is 9.81. The van der Waals surface area contributed by atoms with Crippen LogP contribution in [0.3, 0.4) is 0 Å². The van der Waals surface area contributed by atoms with Crippen molar-refractivity contribution in [3.8, 4) is 0 Å². The normalized spacial score (nSPS) is 18.9. The molecule has 0 spiro atoms. The summed E-state index contributed by atoms with van der Waals surface area (Å²) < 4.78 is 1.20. The Kier molecular flexibility index (Phi) is 5.46. The predicted octanol–water partition coefficient (Wildman–Crippen LogP) is 4.04. The van der Waals surface area contributed by atoms with Gasteiger partial charge < -0.3 is 5.73 Å². The molecule has 1 aromatic rings. The molecule has 108 valence electrons. The van der Waals surface area contributed by atoms with Gasteiger partial charge in [-0.25, -0.2) is 0 Å². The third-order valence-electron chi connectivity index (χ3n) is 4.70. The van der Waals surface area contributed by atoms with Gasteiger partial charge in [0.2, 0.25) is 0 Å². The van der Waals surface area contributed by atoms with Gasteiger partial charge in [0.25, 0.3) is 0 Å². The van der Waals surface area contributed by atoms with Crippen LogP contribution in [-0.4, -0.2) is 29.6 Å². The molecule has 1 aliphatic heterocycles. The van der Waals surface area contributed by atoms with E-state index in [4.69, 9.17) is 5.73 Å². The van der Waals surface area contributed by atoms with Gasteiger partial charge in [0.1, 0.15) is 0 Å². The average Bonchev–Trinajstić information content (AvgIpc) is 3.04. The zero-order chi connectivity index (χ0) is 13.9. The largest absolute Gasteiger partial charge is 0.326 e. The maximum atomic E-state index is 6.64. The van der Waals surface area contributed by atoms with Gasteiger partial charge in [-0.05, 0) is 73.3 Å². The second-order valence-electron chi connectivity index (χ2n) is 5.52. The summed E-state index contributed by atoms with van der Waals surface area (Å²) in [4.78, 5) is 4.05. The van der Waals surface area contributed by atoms with Crippen molar-refractivity contribution in [3.63, 3.8) is 0 Å². The Morgan fingerprint density at radius 3 is 2.42 bits per heavy atom. The molecule has 0 saturated carbocycles. The molecule has 1 aliphatic rings. The van der Waals surface area contributed by atoms with Crippen molar-refractivity contribution in [2.75, 3.05) is 13.1 Å². The first-order chi connectivity index (χ1) is 9.12. The van der Waals surface area contributed by atoms with E-state index in [-0.39, 0.29) is 11.6 Å². The summed E-state index contributed by atoms with van der Waals surface area (Å²) in [5.41, 5.74) is 6.83. The Morgan fingerprint density at radius 1 is 1.32 bits per heavy atom. The fourth-order valence-corrected chi connectivity index (χ4v) is 5.03. The van der Waals surface area contributed by atoms with E-state index in [9.17, 15) is 0 Å². The lowest BCUT2D eigenvalue weighted by Gasteiger charge is -2.45. The SMILES string of the molecule is CCC(CC)(C(N)Cc1ccc(Br)s1)N1CCCC1. The van der Waals surface area contributed by atoms with Gasteiger partial charge in [0.05, 0.1) is 3.79 Å². The fraction of sp³-hybridized carbons (Fsp3) is 0.733. The lowest BCUT2D eigenvalue weighted by Crippen LogP contribution is -2.59. The molecule has 4 heteroatoms. The van der Waals surface area contributed by atoms with Gasteiger partial charge in [-0.15, -0.1) is 11.3 Å². The summed E-state index contributed by atoms with van der Waals surface area (Å²) >= 11 is 5.35. The first kappa shape index (κ1) is 15.5. The highest BCUT2D eigenvalue weighted by atomic mass is 79.9. The topological polar surface area (TPSA) is 29.3 Å². The summed E-state index contributed by atoms with van der Waals surface area (Å²) in [7, 11) is 0. The molecule has 0 aromatic carbocycles. The average molecular weight is 345 g/mol. The van der Waals surface area contributed by atoms with Gasteiger partial charge >= 0.3 is 0 Å². The van der Waals surface area contributed by atoms with Crippen molar-refractivity contribution in [2.24, 2.45) is 5.73 Å². The molecule has 19 heavy (non-hydrogen) atoms. The maximum Gasteiger partial charge on any atom is 0.0701 e. The van der Waals surface area contributed by atoms with Crippen LogP contribution < -0.4 is 5.73 Å². The Labute approximate surface area is 129 Å². The van der Waals surface area contributed by atoms with Crippen LogP contribution in [-0.2, 0) is 6.42 Å².